The summed E-state index contributed by atoms with van der Waals surface area (Å²) in [7, 11) is -2.86. The zero-order valence-electron chi connectivity index (χ0n) is 16.7. The number of hydrogen-bond donors (Lipinski definition) is 2. The second-order valence-corrected chi connectivity index (χ2v) is 12.0. The molecule has 0 amide bonds. The maximum atomic E-state index is 11.6. The molecule has 2 aliphatic rings. The summed E-state index contributed by atoms with van der Waals surface area (Å²) in [5.74, 6) is 0.509. The van der Waals surface area contributed by atoms with Crippen LogP contribution in [-0.2, 0) is 9.84 Å². The fraction of sp³-hybridized carbons (Fsp3) is 1.00. The van der Waals surface area contributed by atoms with Crippen LogP contribution in [-0.4, -0.2) is 88.4 Å². The molecule has 2 saturated heterocycles. The van der Waals surface area contributed by atoms with Crippen molar-refractivity contribution >= 4 is 9.84 Å². The summed E-state index contributed by atoms with van der Waals surface area (Å²) in [6, 6.07) is 0. The molecule has 0 saturated carbocycles. The van der Waals surface area contributed by atoms with Crippen LogP contribution < -0.4 is 0 Å². The molecule has 2 rings (SSSR count). The maximum absolute atomic E-state index is 11.6. The van der Waals surface area contributed by atoms with E-state index in [4.69, 9.17) is 0 Å². The average molecular weight is 377 g/mol. The Bertz CT molecular complexity index is 573. The second kappa shape index (κ2) is 6.44. The summed E-state index contributed by atoms with van der Waals surface area (Å²) in [5, 5.41) is 20.6. The topological polar surface area (TPSA) is 81.1 Å². The summed E-state index contributed by atoms with van der Waals surface area (Å²) in [5.41, 5.74) is -2.26. The molecule has 0 aromatic carbocycles. The van der Waals surface area contributed by atoms with E-state index in [0.717, 1.165) is 12.8 Å². The van der Waals surface area contributed by atoms with E-state index in [-0.39, 0.29) is 22.6 Å². The van der Waals surface area contributed by atoms with Gasteiger partial charge in [0.1, 0.15) is 5.60 Å². The average Bonchev–Trinajstić information content (AvgIpc) is 2.40. The molecule has 0 aromatic heterocycles. The summed E-state index contributed by atoms with van der Waals surface area (Å²) >= 11 is 0. The monoisotopic (exact) mass is 376 g/mol. The van der Waals surface area contributed by atoms with Crippen LogP contribution in [0.4, 0.5) is 0 Å². The van der Waals surface area contributed by atoms with Crippen LogP contribution in [0.3, 0.4) is 0 Å². The van der Waals surface area contributed by atoms with Crippen molar-refractivity contribution in [2.45, 2.75) is 76.7 Å². The first-order valence-electron chi connectivity index (χ1n) is 9.23. The lowest BCUT2D eigenvalue weighted by molar-refractivity contribution is -0.224. The van der Waals surface area contributed by atoms with Crippen molar-refractivity contribution in [1.82, 2.24) is 9.80 Å². The molecule has 2 heterocycles. The highest BCUT2D eigenvalue weighted by molar-refractivity contribution is 7.91. The van der Waals surface area contributed by atoms with Crippen molar-refractivity contribution in [3.63, 3.8) is 0 Å². The van der Waals surface area contributed by atoms with Gasteiger partial charge in [-0.2, -0.15) is 0 Å². The number of aliphatic hydroxyl groups is 2. The smallest absolute Gasteiger partial charge is 0.152 e. The number of likely N-dealkylation sites (tertiary alicyclic amines) is 1. The molecule has 148 valence electrons. The predicted octanol–water partition coefficient (Wildman–Crippen LogP) is 0.872. The van der Waals surface area contributed by atoms with Gasteiger partial charge in [-0.15, -0.1) is 0 Å². The Balaban J connectivity index is 1.89. The second-order valence-electron chi connectivity index (χ2n) is 9.71. The minimum absolute atomic E-state index is 0.0510. The zero-order chi connectivity index (χ0) is 19.3. The van der Waals surface area contributed by atoms with Gasteiger partial charge in [0.05, 0.1) is 17.1 Å². The highest BCUT2D eigenvalue weighted by Gasteiger charge is 2.54. The Morgan fingerprint density at radius 1 is 0.880 bits per heavy atom. The summed E-state index contributed by atoms with van der Waals surface area (Å²) in [6.07, 6.45) is 1.91. The lowest BCUT2D eigenvalue weighted by atomic mass is 9.75. The van der Waals surface area contributed by atoms with Gasteiger partial charge in [-0.1, -0.05) is 0 Å². The van der Waals surface area contributed by atoms with Crippen LogP contribution in [0.15, 0.2) is 0 Å². The van der Waals surface area contributed by atoms with Crippen molar-refractivity contribution in [3.8, 4) is 0 Å². The van der Waals surface area contributed by atoms with Crippen molar-refractivity contribution in [3.05, 3.63) is 0 Å². The van der Waals surface area contributed by atoms with Gasteiger partial charge in [-0.25, -0.2) is 8.42 Å². The molecule has 25 heavy (non-hydrogen) atoms. The molecule has 0 unspecified atom stereocenters. The van der Waals surface area contributed by atoms with Gasteiger partial charge < -0.3 is 10.2 Å². The van der Waals surface area contributed by atoms with Crippen LogP contribution in [0, 0.1) is 0 Å². The molecule has 2 fully saturated rings. The van der Waals surface area contributed by atoms with Crippen molar-refractivity contribution in [2.24, 2.45) is 0 Å². The van der Waals surface area contributed by atoms with Gasteiger partial charge >= 0.3 is 0 Å². The largest absolute Gasteiger partial charge is 0.387 e. The Morgan fingerprint density at radius 2 is 1.28 bits per heavy atom. The lowest BCUT2D eigenvalue weighted by Crippen LogP contribution is -2.75. The van der Waals surface area contributed by atoms with Gasteiger partial charge in [0.25, 0.3) is 0 Å². The van der Waals surface area contributed by atoms with Crippen molar-refractivity contribution < 1.29 is 18.6 Å². The van der Waals surface area contributed by atoms with Crippen LogP contribution in [0.2, 0.25) is 0 Å². The SMILES string of the molecule is CC(C)(CCC(C)(C)N1CC(O)(C(C)(C)O)C1)N1CCS(=O)(=O)CC1. The third-order valence-electron chi connectivity index (χ3n) is 6.45. The van der Waals surface area contributed by atoms with E-state index in [2.05, 4.69) is 37.5 Å². The molecule has 0 radical (unpaired) electrons. The number of nitrogens with zero attached hydrogens (tertiary/aromatic N) is 2. The minimum atomic E-state index is -2.86. The Morgan fingerprint density at radius 3 is 1.68 bits per heavy atom. The van der Waals surface area contributed by atoms with E-state index < -0.39 is 21.0 Å². The van der Waals surface area contributed by atoms with E-state index in [0.29, 0.717) is 26.2 Å². The molecule has 6 nitrogen and oxygen atoms in total. The fourth-order valence-electron chi connectivity index (χ4n) is 3.65. The molecule has 2 N–H and O–H groups in total. The number of β-amino-alcohol motifs (C(OH)–C–C–N with tert-alkyl or cyclic N) is 1. The minimum Gasteiger partial charge on any atom is -0.387 e. The first-order valence-corrected chi connectivity index (χ1v) is 11.1. The van der Waals surface area contributed by atoms with Gasteiger partial charge in [0.2, 0.25) is 0 Å². The molecule has 0 aromatic rings. The first-order chi connectivity index (χ1) is 11.1. The molecule has 7 heteroatoms. The molecular formula is C18H36N2O4S. The molecule has 2 aliphatic heterocycles. The van der Waals surface area contributed by atoms with E-state index >= 15 is 0 Å². The van der Waals surface area contributed by atoms with E-state index in [9.17, 15) is 18.6 Å². The third kappa shape index (κ3) is 4.56. The Labute approximate surface area is 153 Å². The standard InChI is InChI=1S/C18H36N2O4S/c1-15(2,19-9-11-25(23,24)12-10-19)7-8-16(3,4)20-13-18(22,14-20)17(5,6)21/h21-22H,7-14H2,1-6H3. The van der Waals surface area contributed by atoms with E-state index in [1.165, 1.54) is 0 Å². The predicted molar refractivity (Wildman–Crippen MR) is 100 cm³/mol. The van der Waals surface area contributed by atoms with Gasteiger partial charge in [-0.05, 0) is 54.4 Å². The van der Waals surface area contributed by atoms with E-state index in [1.807, 2.05) is 0 Å². The highest BCUT2D eigenvalue weighted by atomic mass is 32.2. The van der Waals surface area contributed by atoms with Gasteiger partial charge in [-0.3, -0.25) is 9.80 Å². The Kier molecular flexibility index (Phi) is 5.44. The zero-order valence-corrected chi connectivity index (χ0v) is 17.5. The third-order valence-corrected chi connectivity index (χ3v) is 8.06. The highest BCUT2D eigenvalue weighted by Crippen LogP contribution is 2.39. The quantitative estimate of drug-likeness (QED) is 0.716. The van der Waals surface area contributed by atoms with Gasteiger partial charge in [0.15, 0.2) is 9.84 Å². The fourth-order valence-corrected chi connectivity index (χ4v) is 4.85. The summed E-state index contributed by atoms with van der Waals surface area (Å²) in [4.78, 5) is 4.51. The van der Waals surface area contributed by atoms with Crippen molar-refractivity contribution in [1.29, 1.82) is 0 Å². The summed E-state index contributed by atoms with van der Waals surface area (Å²) < 4.78 is 23.3. The van der Waals surface area contributed by atoms with Crippen LogP contribution in [0.1, 0.15) is 54.4 Å². The molecule has 0 aliphatic carbocycles. The molecule has 0 spiro atoms. The first kappa shape index (κ1) is 21.1. The normalized spacial score (nSPS) is 25.6. The molecule has 0 atom stereocenters. The van der Waals surface area contributed by atoms with Crippen LogP contribution >= 0.6 is 0 Å². The van der Waals surface area contributed by atoms with Crippen LogP contribution in [0.5, 0.6) is 0 Å². The Hall–Kier alpha value is -0.210. The van der Waals surface area contributed by atoms with Crippen LogP contribution in [0.25, 0.3) is 0 Å². The van der Waals surface area contributed by atoms with Crippen molar-refractivity contribution in [2.75, 3.05) is 37.7 Å². The number of rotatable bonds is 6. The van der Waals surface area contributed by atoms with Gasteiger partial charge in [0, 0.05) is 37.3 Å². The summed E-state index contributed by atoms with van der Waals surface area (Å²) in [6.45, 7) is 14.2. The molecular weight excluding hydrogens is 340 g/mol. The number of hydrogen-bond acceptors (Lipinski definition) is 6. The maximum Gasteiger partial charge on any atom is 0.152 e. The van der Waals surface area contributed by atoms with E-state index in [1.54, 1.807) is 13.8 Å². The number of sulfone groups is 1. The molecule has 0 bridgehead atoms. The lowest BCUT2D eigenvalue weighted by Gasteiger charge is -2.58.